The highest BCUT2D eigenvalue weighted by molar-refractivity contribution is 6.37. The molecule has 0 amide bonds. The molecule has 94 valence electrons. The maximum absolute atomic E-state index is 6.12. The molecule has 1 saturated carbocycles. The standard InChI is InChI=1S/C12H17Cl2N3/c1-3-4-7-5-10(7)16-12-9(14)6-8(13)11(15-2)17-12/h6-7,10H,3-5H2,1-2H3,(H2,15,16,17). The van der Waals surface area contributed by atoms with Crippen LogP contribution in [0.25, 0.3) is 0 Å². The van der Waals surface area contributed by atoms with Crippen molar-refractivity contribution in [2.24, 2.45) is 5.92 Å². The second-order valence-corrected chi connectivity index (χ2v) is 5.25. The molecule has 3 nitrogen and oxygen atoms in total. The zero-order valence-electron chi connectivity index (χ0n) is 10.1. The van der Waals surface area contributed by atoms with Crippen LogP contribution in [0.3, 0.4) is 0 Å². The van der Waals surface area contributed by atoms with Crippen LogP contribution in [0, 0.1) is 5.92 Å². The average molecular weight is 274 g/mol. The van der Waals surface area contributed by atoms with Crippen molar-refractivity contribution in [3.05, 3.63) is 16.1 Å². The monoisotopic (exact) mass is 273 g/mol. The predicted molar refractivity (Wildman–Crippen MR) is 74.2 cm³/mol. The maximum Gasteiger partial charge on any atom is 0.147 e. The van der Waals surface area contributed by atoms with Gasteiger partial charge in [0.15, 0.2) is 0 Å². The predicted octanol–water partition coefficient (Wildman–Crippen LogP) is 4.03. The van der Waals surface area contributed by atoms with Gasteiger partial charge in [0, 0.05) is 13.1 Å². The van der Waals surface area contributed by atoms with Gasteiger partial charge in [-0.3, -0.25) is 0 Å². The van der Waals surface area contributed by atoms with E-state index in [-0.39, 0.29) is 0 Å². The topological polar surface area (TPSA) is 37.0 Å². The molecule has 2 N–H and O–H groups in total. The van der Waals surface area contributed by atoms with Crippen molar-refractivity contribution in [3.63, 3.8) is 0 Å². The van der Waals surface area contributed by atoms with Gasteiger partial charge in [-0.25, -0.2) is 4.98 Å². The highest BCUT2D eigenvalue weighted by Crippen LogP contribution is 2.39. The molecule has 1 heterocycles. The summed E-state index contributed by atoms with van der Waals surface area (Å²) in [6.07, 6.45) is 3.71. The van der Waals surface area contributed by atoms with Crippen LogP contribution in [-0.2, 0) is 0 Å². The summed E-state index contributed by atoms with van der Waals surface area (Å²) in [5, 5.41) is 7.46. The first-order valence-corrected chi connectivity index (χ1v) is 6.71. The largest absolute Gasteiger partial charge is 0.372 e. The fourth-order valence-corrected chi connectivity index (χ4v) is 2.54. The number of pyridine rings is 1. The molecule has 0 aliphatic heterocycles. The van der Waals surface area contributed by atoms with Crippen LogP contribution in [-0.4, -0.2) is 18.1 Å². The number of anilines is 2. The van der Waals surface area contributed by atoms with E-state index in [0.29, 0.717) is 21.9 Å². The molecule has 5 heteroatoms. The van der Waals surface area contributed by atoms with Crippen molar-refractivity contribution >= 4 is 34.8 Å². The van der Waals surface area contributed by atoms with Crippen molar-refractivity contribution in [1.29, 1.82) is 0 Å². The van der Waals surface area contributed by atoms with Crippen molar-refractivity contribution in [2.45, 2.75) is 32.2 Å². The van der Waals surface area contributed by atoms with Crippen molar-refractivity contribution in [1.82, 2.24) is 4.98 Å². The first kappa shape index (κ1) is 12.8. The fraction of sp³-hybridized carbons (Fsp3) is 0.583. The summed E-state index contributed by atoms with van der Waals surface area (Å²) in [6.45, 7) is 2.21. The van der Waals surface area contributed by atoms with Gasteiger partial charge in [0.1, 0.15) is 11.6 Å². The Hall–Kier alpha value is -0.670. The Morgan fingerprint density at radius 2 is 2.06 bits per heavy atom. The lowest BCUT2D eigenvalue weighted by molar-refractivity contribution is 0.692. The smallest absolute Gasteiger partial charge is 0.147 e. The zero-order chi connectivity index (χ0) is 12.4. The summed E-state index contributed by atoms with van der Waals surface area (Å²) < 4.78 is 0. The minimum Gasteiger partial charge on any atom is -0.372 e. The molecule has 2 atom stereocenters. The lowest BCUT2D eigenvalue weighted by Gasteiger charge is -2.10. The zero-order valence-corrected chi connectivity index (χ0v) is 11.6. The Labute approximate surface area is 112 Å². The molecule has 17 heavy (non-hydrogen) atoms. The van der Waals surface area contributed by atoms with Gasteiger partial charge >= 0.3 is 0 Å². The Balaban J connectivity index is 2.06. The summed E-state index contributed by atoms with van der Waals surface area (Å²) in [6, 6.07) is 2.24. The van der Waals surface area contributed by atoms with Crippen LogP contribution in [0.2, 0.25) is 10.0 Å². The van der Waals surface area contributed by atoms with E-state index >= 15 is 0 Å². The summed E-state index contributed by atoms with van der Waals surface area (Å²) >= 11 is 12.1. The Kier molecular flexibility index (Phi) is 4.00. The van der Waals surface area contributed by atoms with Crippen molar-refractivity contribution < 1.29 is 0 Å². The van der Waals surface area contributed by atoms with Gasteiger partial charge in [-0.05, 0) is 24.8 Å². The second kappa shape index (κ2) is 5.32. The number of aromatic nitrogens is 1. The molecule has 2 rings (SSSR count). The number of nitrogens with one attached hydrogen (secondary N) is 2. The first-order chi connectivity index (χ1) is 8.15. The third-order valence-electron chi connectivity index (χ3n) is 3.07. The Morgan fingerprint density at radius 1 is 1.35 bits per heavy atom. The van der Waals surface area contributed by atoms with E-state index < -0.39 is 0 Å². The molecule has 1 aliphatic carbocycles. The SMILES string of the molecule is CCCC1CC1Nc1nc(NC)c(Cl)cc1Cl. The van der Waals surface area contributed by atoms with Crippen molar-refractivity contribution in [2.75, 3.05) is 17.7 Å². The molecule has 0 spiro atoms. The van der Waals surface area contributed by atoms with E-state index in [9.17, 15) is 0 Å². The van der Waals surface area contributed by atoms with E-state index in [4.69, 9.17) is 23.2 Å². The third-order valence-corrected chi connectivity index (χ3v) is 3.65. The van der Waals surface area contributed by atoms with Gasteiger partial charge < -0.3 is 10.6 Å². The lowest BCUT2D eigenvalue weighted by atomic mass is 10.2. The molecule has 1 fully saturated rings. The second-order valence-electron chi connectivity index (χ2n) is 4.43. The van der Waals surface area contributed by atoms with Gasteiger partial charge in [-0.2, -0.15) is 0 Å². The van der Waals surface area contributed by atoms with E-state index in [1.54, 1.807) is 13.1 Å². The van der Waals surface area contributed by atoms with E-state index in [1.807, 2.05) is 0 Å². The van der Waals surface area contributed by atoms with E-state index in [1.165, 1.54) is 19.3 Å². The van der Waals surface area contributed by atoms with Crippen LogP contribution >= 0.6 is 23.2 Å². The minimum atomic E-state index is 0.519. The van der Waals surface area contributed by atoms with Gasteiger partial charge in [0.05, 0.1) is 10.0 Å². The summed E-state index contributed by atoms with van der Waals surface area (Å²) in [5.41, 5.74) is 0. The molecule has 1 aliphatic rings. The van der Waals surface area contributed by atoms with E-state index in [0.717, 1.165) is 11.7 Å². The molecular formula is C12H17Cl2N3. The molecular weight excluding hydrogens is 257 g/mol. The molecule has 0 bridgehead atoms. The molecule has 1 aromatic heterocycles. The average Bonchev–Trinajstić information content (AvgIpc) is 3.01. The maximum atomic E-state index is 6.12. The molecule has 0 aromatic carbocycles. The Morgan fingerprint density at radius 3 is 2.71 bits per heavy atom. The first-order valence-electron chi connectivity index (χ1n) is 5.96. The molecule has 0 radical (unpaired) electrons. The van der Waals surface area contributed by atoms with Gasteiger partial charge in [0.25, 0.3) is 0 Å². The van der Waals surface area contributed by atoms with Crippen LogP contribution in [0.4, 0.5) is 11.6 Å². The quantitative estimate of drug-likeness (QED) is 0.851. The van der Waals surface area contributed by atoms with Crippen molar-refractivity contribution in [3.8, 4) is 0 Å². The van der Waals surface area contributed by atoms with E-state index in [2.05, 4.69) is 22.5 Å². The van der Waals surface area contributed by atoms with Crippen LogP contribution < -0.4 is 10.6 Å². The number of rotatable bonds is 5. The number of halogens is 2. The molecule has 1 aromatic rings. The van der Waals surface area contributed by atoms with Gasteiger partial charge in [-0.1, -0.05) is 36.5 Å². The third kappa shape index (κ3) is 2.96. The van der Waals surface area contributed by atoms with Crippen LogP contribution in [0.15, 0.2) is 6.07 Å². The normalized spacial score (nSPS) is 22.4. The molecule has 0 saturated heterocycles. The number of hydrogen-bond donors (Lipinski definition) is 2. The number of nitrogens with zero attached hydrogens (tertiary/aromatic N) is 1. The fourth-order valence-electron chi connectivity index (χ4n) is 2.03. The highest BCUT2D eigenvalue weighted by atomic mass is 35.5. The Bertz CT molecular complexity index is 409. The minimum absolute atomic E-state index is 0.519. The lowest BCUT2D eigenvalue weighted by Crippen LogP contribution is -2.08. The van der Waals surface area contributed by atoms with Crippen LogP contribution in [0.5, 0.6) is 0 Å². The molecule has 2 unspecified atom stereocenters. The highest BCUT2D eigenvalue weighted by Gasteiger charge is 2.36. The summed E-state index contributed by atoms with van der Waals surface area (Å²) in [7, 11) is 1.79. The summed E-state index contributed by atoms with van der Waals surface area (Å²) in [4.78, 5) is 4.38. The van der Waals surface area contributed by atoms with Gasteiger partial charge in [-0.15, -0.1) is 0 Å². The summed E-state index contributed by atoms with van der Waals surface area (Å²) in [5.74, 6) is 2.15. The number of hydrogen-bond acceptors (Lipinski definition) is 3. The van der Waals surface area contributed by atoms with Crippen LogP contribution in [0.1, 0.15) is 26.2 Å². The van der Waals surface area contributed by atoms with Gasteiger partial charge in [0.2, 0.25) is 0 Å².